The Morgan fingerprint density at radius 2 is 2.38 bits per heavy atom. The fourth-order valence-electron chi connectivity index (χ4n) is 1.62. The molecule has 1 aliphatic carbocycles. The number of alkyl halides is 1. The number of amides is 1. The molecule has 86 valence electrons. The number of hydrogen-bond acceptors (Lipinski definition) is 2. The monoisotopic (exact) mass is 282 g/mol. The molecule has 0 spiro atoms. The summed E-state index contributed by atoms with van der Waals surface area (Å²) < 4.78 is 0. The average molecular weight is 283 g/mol. The molecule has 0 radical (unpaired) electrons. The predicted octanol–water partition coefficient (Wildman–Crippen LogP) is 2.29. The standard InChI is InChI=1S/C12H15BrN2O/c1-9-10(3-2-6-14-9)11(16)15-8-12(7-13)4-5-12/h2-3,6H,4-5,7-8H2,1H3,(H,15,16). The third kappa shape index (κ3) is 2.43. The van der Waals surface area contributed by atoms with E-state index in [1.807, 2.05) is 13.0 Å². The number of pyridine rings is 1. The summed E-state index contributed by atoms with van der Waals surface area (Å²) in [4.78, 5) is 16.0. The van der Waals surface area contributed by atoms with E-state index in [4.69, 9.17) is 0 Å². The van der Waals surface area contributed by atoms with Crippen LogP contribution in [0.5, 0.6) is 0 Å². The smallest absolute Gasteiger partial charge is 0.253 e. The number of carbonyl (C=O) groups excluding carboxylic acids is 1. The highest BCUT2D eigenvalue weighted by atomic mass is 79.9. The van der Waals surface area contributed by atoms with Crippen molar-refractivity contribution in [3.05, 3.63) is 29.6 Å². The van der Waals surface area contributed by atoms with Gasteiger partial charge < -0.3 is 5.32 Å². The van der Waals surface area contributed by atoms with E-state index in [2.05, 4.69) is 26.2 Å². The van der Waals surface area contributed by atoms with Crippen LogP contribution in [0.1, 0.15) is 28.9 Å². The van der Waals surface area contributed by atoms with Crippen molar-refractivity contribution < 1.29 is 4.79 Å². The number of aromatic nitrogens is 1. The number of carbonyl (C=O) groups is 1. The van der Waals surface area contributed by atoms with E-state index in [1.54, 1.807) is 12.3 Å². The van der Waals surface area contributed by atoms with Gasteiger partial charge in [-0.3, -0.25) is 9.78 Å². The van der Waals surface area contributed by atoms with Crippen LogP contribution in [0, 0.1) is 12.3 Å². The lowest BCUT2D eigenvalue weighted by Gasteiger charge is -2.13. The molecule has 0 unspecified atom stereocenters. The fraction of sp³-hybridized carbons (Fsp3) is 0.500. The Labute approximate surface area is 104 Å². The minimum absolute atomic E-state index is 0.0159. The van der Waals surface area contributed by atoms with Crippen LogP contribution in [0.3, 0.4) is 0 Å². The normalized spacial score (nSPS) is 16.9. The molecule has 1 aliphatic rings. The number of halogens is 1. The van der Waals surface area contributed by atoms with Gasteiger partial charge in [0, 0.05) is 23.8 Å². The molecule has 3 nitrogen and oxygen atoms in total. The minimum Gasteiger partial charge on any atom is -0.351 e. The van der Waals surface area contributed by atoms with Crippen LogP contribution >= 0.6 is 15.9 Å². The van der Waals surface area contributed by atoms with Crippen molar-refractivity contribution in [1.82, 2.24) is 10.3 Å². The molecule has 1 aromatic heterocycles. The SMILES string of the molecule is Cc1ncccc1C(=O)NCC1(CBr)CC1. The van der Waals surface area contributed by atoms with Gasteiger partial charge in [0.15, 0.2) is 0 Å². The molecule has 0 atom stereocenters. The van der Waals surface area contributed by atoms with Crippen LogP contribution in [0.15, 0.2) is 18.3 Å². The largest absolute Gasteiger partial charge is 0.351 e. The van der Waals surface area contributed by atoms with Gasteiger partial charge in [-0.1, -0.05) is 15.9 Å². The average Bonchev–Trinajstić information content (AvgIpc) is 3.07. The zero-order chi connectivity index (χ0) is 11.6. The topological polar surface area (TPSA) is 42.0 Å². The summed E-state index contributed by atoms with van der Waals surface area (Å²) in [5.41, 5.74) is 1.77. The van der Waals surface area contributed by atoms with E-state index in [0.717, 1.165) is 17.6 Å². The first-order valence-corrected chi connectivity index (χ1v) is 6.55. The van der Waals surface area contributed by atoms with E-state index >= 15 is 0 Å². The van der Waals surface area contributed by atoms with Gasteiger partial charge >= 0.3 is 0 Å². The molecule has 1 saturated carbocycles. The van der Waals surface area contributed by atoms with Crippen LogP contribution in [-0.4, -0.2) is 22.8 Å². The lowest BCUT2D eigenvalue weighted by Crippen LogP contribution is -2.31. The minimum atomic E-state index is -0.0159. The molecule has 1 fully saturated rings. The first-order valence-electron chi connectivity index (χ1n) is 5.43. The van der Waals surface area contributed by atoms with Crippen molar-refractivity contribution >= 4 is 21.8 Å². The van der Waals surface area contributed by atoms with Gasteiger partial charge in [-0.15, -0.1) is 0 Å². The summed E-state index contributed by atoms with van der Waals surface area (Å²) in [5.74, 6) is -0.0159. The van der Waals surface area contributed by atoms with Gasteiger partial charge in [-0.25, -0.2) is 0 Å². The molecule has 0 saturated heterocycles. The molecule has 16 heavy (non-hydrogen) atoms. The number of hydrogen-bond donors (Lipinski definition) is 1. The van der Waals surface area contributed by atoms with Crippen molar-refractivity contribution in [2.75, 3.05) is 11.9 Å². The summed E-state index contributed by atoms with van der Waals surface area (Å²) in [5, 5.41) is 3.95. The quantitative estimate of drug-likeness (QED) is 0.861. The Morgan fingerprint density at radius 3 is 2.94 bits per heavy atom. The molecular weight excluding hydrogens is 268 g/mol. The fourth-order valence-corrected chi connectivity index (χ4v) is 2.38. The van der Waals surface area contributed by atoms with Gasteiger partial charge in [0.25, 0.3) is 5.91 Å². The zero-order valence-corrected chi connectivity index (χ0v) is 10.9. The van der Waals surface area contributed by atoms with E-state index < -0.39 is 0 Å². The van der Waals surface area contributed by atoms with E-state index in [9.17, 15) is 4.79 Å². The molecule has 1 aromatic rings. The van der Waals surface area contributed by atoms with Crippen molar-refractivity contribution in [3.8, 4) is 0 Å². The van der Waals surface area contributed by atoms with Gasteiger partial charge in [-0.2, -0.15) is 0 Å². The Bertz CT molecular complexity index is 402. The molecule has 1 amide bonds. The summed E-state index contributed by atoms with van der Waals surface area (Å²) in [6.45, 7) is 2.61. The second kappa shape index (κ2) is 4.53. The Hall–Kier alpha value is -0.900. The number of aryl methyl sites for hydroxylation is 1. The second-order valence-corrected chi connectivity index (χ2v) is 5.01. The van der Waals surface area contributed by atoms with Crippen molar-refractivity contribution in [1.29, 1.82) is 0 Å². The molecular formula is C12H15BrN2O. The summed E-state index contributed by atoms with van der Waals surface area (Å²) >= 11 is 3.49. The van der Waals surface area contributed by atoms with Crippen LogP contribution in [-0.2, 0) is 0 Å². The predicted molar refractivity (Wildman–Crippen MR) is 66.8 cm³/mol. The molecule has 2 rings (SSSR count). The second-order valence-electron chi connectivity index (χ2n) is 4.45. The summed E-state index contributed by atoms with van der Waals surface area (Å²) in [6, 6.07) is 3.60. The number of rotatable bonds is 4. The van der Waals surface area contributed by atoms with Gasteiger partial charge in [0.2, 0.25) is 0 Å². The Kier molecular flexibility index (Phi) is 3.28. The molecule has 1 heterocycles. The molecule has 0 bridgehead atoms. The first-order chi connectivity index (χ1) is 7.67. The summed E-state index contributed by atoms with van der Waals surface area (Å²) in [7, 11) is 0. The Balaban J connectivity index is 1.96. The molecule has 1 N–H and O–H groups in total. The third-order valence-electron chi connectivity index (χ3n) is 3.12. The van der Waals surface area contributed by atoms with Crippen LogP contribution in [0.25, 0.3) is 0 Å². The van der Waals surface area contributed by atoms with Crippen molar-refractivity contribution in [3.63, 3.8) is 0 Å². The summed E-state index contributed by atoms with van der Waals surface area (Å²) in [6.07, 6.45) is 4.10. The van der Waals surface area contributed by atoms with Crippen molar-refractivity contribution in [2.45, 2.75) is 19.8 Å². The zero-order valence-electron chi connectivity index (χ0n) is 9.29. The molecule has 0 aromatic carbocycles. The van der Waals surface area contributed by atoms with E-state index in [1.165, 1.54) is 12.8 Å². The number of nitrogens with zero attached hydrogens (tertiary/aromatic N) is 1. The van der Waals surface area contributed by atoms with Crippen LogP contribution < -0.4 is 5.32 Å². The lowest BCUT2D eigenvalue weighted by molar-refractivity contribution is 0.0945. The molecule has 0 aliphatic heterocycles. The van der Waals surface area contributed by atoms with E-state index in [0.29, 0.717) is 11.0 Å². The van der Waals surface area contributed by atoms with Gasteiger partial charge in [0.05, 0.1) is 5.56 Å². The van der Waals surface area contributed by atoms with Gasteiger partial charge in [0.1, 0.15) is 0 Å². The van der Waals surface area contributed by atoms with Crippen molar-refractivity contribution in [2.24, 2.45) is 5.41 Å². The maximum absolute atomic E-state index is 11.9. The third-order valence-corrected chi connectivity index (χ3v) is 4.31. The maximum Gasteiger partial charge on any atom is 0.253 e. The van der Waals surface area contributed by atoms with E-state index in [-0.39, 0.29) is 5.91 Å². The van der Waals surface area contributed by atoms with Gasteiger partial charge in [-0.05, 0) is 37.3 Å². The lowest BCUT2D eigenvalue weighted by atomic mass is 10.1. The molecule has 4 heteroatoms. The number of nitrogens with one attached hydrogen (secondary N) is 1. The first kappa shape index (κ1) is 11.6. The highest BCUT2D eigenvalue weighted by Crippen LogP contribution is 2.46. The van der Waals surface area contributed by atoms with Crippen LogP contribution in [0.2, 0.25) is 0 Å². The highest BCUT2D eigenvalue weighted by molar-refractivity contribution is 9.09. The highest BCUT2D eigenvalue weighted by Gasteiger charge is 2.41. The maximum atomic E-state index is 11.9. The van der Waals surface area contributed by atoms with Crippen LogP contribution in [0.4, 0.5) is 0 Å². The Morgan fingerprint density at radius 1 is 1.62 bits per heavy atom.